The number of benzene rings is 1. The Kier molecular flexibility index (Phi) is 4.41. The standard InChI is InChI=1S/C16H21BrN2O/c17-11-8-9-13-14(10-11)19-16(20)15(13)18-12-6-4-2-1-3-5-7-12/h8-10,12,15,18H,1-7H2,(H,19,20). The van der Waals surface area contributed by atoms with E-state index in [1.807, 2.05) is 18.2 Å². The number of fused-ring (bicyclic) bond motifs is 1. The molecule has 0 aromatic heterocycles. The molecule has 3 rings (SSSR count). The Hall–Kier alpha value is -0.870. The van der Waals surface area contributed by atoms with E-state index in [-0.39, 0.29) is 11.9 Å². The van der Waals surface area contributed by atoms with Gasteiger partial charge in [0.25, 0.3) is 0 Å². The molecule has 0 saturated heterocycles. The predicted molar refractivity (Wildman–Crippen MR) is 84.8 cm³/mol. The van der Waals surface area contributed by atoms with Gasteiger partial charge in [-0.1, -0.05) is 54.1 Å². The van der Waals surface area contributed by atoms with Gasteiger partial charge in [0.2, 0.25) is 5.91 Å². The quantitative estimate of drug-likeness (QED) is 0.851. The van der Waals surface area contributed by atoms with E-state index in [0.717, 1.165) is 15.7 Å². The van der Waals surface area contributed by atoms with Crippen LogP contribution in [-0.4, -0.2) is 11.9 Å². The van der Waals surface area contributed by atoms with Crippen molar-refractivity contribution in [2.45, 2.75) is 57.0 Å². The van der Waals surface area contributed by atoms with Crippen molar-refractivity contribution in [1.82, 2.24) is 5.32 Å². The number of carbonyl (C=O) groups excluding carboxylic acids is 1. The first-order valence-electron chi connectivity index (χ1n) is 7.60. The minimum atomic E-state index is -0.178. The lowest BCUT2D eigenvalue weighted by molar-refractivity contribution is -0.117. The van der Waals surface area contributed by atoms with Gasteiger partial charge in [-0.25, -0.2) is 0 Å². The Labute approximate surface area is 128 Å². The molecule has 2 N–H and O–H groups in total. The molecule has 1 aromatic rings. The third-order valence-electron chi connectivity index (χ3n) is 4.35. The number of hydrogen-bond donors (Lipinski definition) is 2. The van der Waals surface area contributed by atoms with E-state index in [2.05, 4.69) is 26.6 Å². The summed E-state index contributed by atoms with van der Waals surface area (Å²) in [7, 11) is 0. The lowest BCUT2D eigenvalue weighted by Crippen LogP contribution is -2.36. The fourth-order valence-corrected chi connectivity index (χ4v) is 3.62. The maximum absolute atomic E-state index is 12.2. The molecule has 0 spiro atoms. The van der Waals surface area contributed by atoms with Crippen molar-refractivity contribution < 1.29 is 4.79 Å². The predicted octanol–water partition coefficient (Wildman–Crippen LogP) is 4.14. The van der Waals surface area contributed by atoms with Crippen molar-refractivity contribution >= 4 is 27.5 Å². The van der Waals surface area contributed by atoms with E-state index >= 15 is 0 Å². The largest absolute Gasteiger partial charge is 0.324 e. The number of hydrogen-bond acceptors (Lipinski definition) is 2. The number of anilines is 1. The Morgan fingerprint density at radius 3 is 2.55 bits per heavy atom. The molecule has 0 radical (unpaired) electrons. The molecular formula is C16H21BrN2O. The molecule has 1 aromatic carbocycles. The summed E-state index contributed by atoms with van der Waals surface area (Å²) in [6.07, 6.45) is 8.97. The molecule has 0 bridgehead atoms. The molecule has 1 aliphatic carbocycles. The van der Waals surface area contributed by atoms with Crippen molar-refractivity contribution in [2.75, 3.05) is 5.32 Å². The third-order valence-corrected chi connectivity index (χ3v) is 4.85. The number of halogens is 1. The normalized spacial score (nSPS) is 23.9. The number of amides is 1. The SMILES string of the molecule is O=C1Nc2cc(Br)ccc2C1NC1CCCCCCC1. The van der Waals surface area contributed by atoms with Crippen molar-refractivity contribution in [1.29, 1.82) is 0 Å². The Balaban J connectivity index is 1.72. The van der Waals surface area contributed by atoms with Crippen LogP contribution in [0.4, 0.5) is 5.69 Å². The smallest absolute Gasteiger partial charge is 0.246 e. The molecule has 1 atom stereocenters. The van der Waals surface area contributed by atoms with Crippen LogP contribution in [0.1, 0.15) is 56.6 Å². The summed E-state index contributed by atoms with van der Waals surface area (Å²) >= 11 is 3.45. The summed E-state index contributed by atoms with van der Waals surface area (Å²) in [6.45, 7) is 0. The van der Waals surface area contributed by atoms with Crippen LogP contribution in [0.5, 0.6) is 0 Å². The van der Waals surface area contributed by atoms with E-state index in [0.29, 0.717) is 6.04 Å². The molecule has 4 heteroatoms. The molecule has 1 aliphatic heterocycles. The molecule has 1 fully saturated rings. The van der Waals surface area contributed by atoms with Gasteiger partial charge in [0.1, 0.15) is 6.04 Å². The van der Waals surface area contributed by atoms with E-state index in [9.17, 15) is 4.79 Å². The van der Waals surface area contributed by atoms with Gasteiger partial charge in [0.15, 0.2) is 0 Å². The monoisotopic (exact) mass is 336 g/mol. The summed E-state index contributed by atoms with van der Waals surface area (Å²) in [5.41, 5.74) is 2.02. The van der Waals surface area contributed by atoms with Gasteiger partial charge in [-0.3, -0.25) is 10.1 Å². The summed E-state index contributed by atoms with van der Waals surface area (Å²) in [5, 5.41) is 6.56. The summed E-state index contributed by atoms with van der Waals surface area (Å²) < 4.78 is 1.00. The highest BCUT2D eigenvalue weighted by Gasteiger charge is 2.32. The van der Waals surface area contributed by atoms with E-state index in [1.54, 1.807) is 0 Å². The Morgan fingerprint density at radius 1 is 1.10 bits per heavy atom. The topological polar surface area (TPSA) is 41.1 Å². The first-order chi connectivity index (χ1) is 9.74. The first kappa shape index (κ1) is 14.1. The van der Waals surface area contributed by atoms with Crippen LogP contribution in [0.3, 0.4) is 0 Å². The van der Waals surface area contributed by atoms with Gasteiger partial charge in [0, 0.05) is 21.8 Å². The summed E-state index contributed by atoms with van der Waals surface area (Å²) in [5.74, 6) is 0.0835. The molecule has 3 nitrogen and oxygen atoms in total. The van der Waals surface area contributed by atoms with Crippen molar-refractivity contribution in [3.63, 3.8) is 0 Å². The van der Waals surface area contributed by atoms with Crippen LogP contribution >= 0.6 is 15.9 Å². The summed E-state index contributed by atoms with van der Waals surface area (Å²) in [6, 6.07) is 6.32. The van der Waals surface area contributed by atoms with Crippen molar-refractivity contribution in [3.8, 4) is 0 Å². The van der Waals surface area contributed by atoms with Crippen LogP contribution in [0.25, 0.3) is 0 Å². The highest BCUT2D eigenvalue weighted by Crippen LogP contribution is 2.34. The fourth-order valence-electron chi connectivity index (χ4n) is 3.26. The average Bonchev–Trinajstić information content (AvgIpc) is 2.67. The fraction of sp³-hybridized carbons (Fsp3) is 0.562. The number of nitrogens with one attached hydrogen (secondary N) is 2. The number of rotatable bonds is 2. The lowest BCUT2D eigenvalue weighted by Gasteiger charge is -2.24. The molecule has 2 aliphatic rings. The van der Waals surface area contributed by atoms with E-state index in [1.165, 1.54) is 44.9 Å². The zero-order chi connectivity index (χ0) is 13.9. The van der Waals surface area contributed by atoms with Crippen LogP contribution in [0.2, 0.25) is 0 Å². The molecule has 1 amide bonds. The zero-order valence-corrected chi connectivity index (χ0v) is 13.2. The molecule has 1 heterocycles. The van der Waals surface area contributed by atoms with Crippen LogP contribution in [-0.2, 0) is 4.79 Å². The van der Waals surface area contributed by atoms with Gasteiger partial charge < -0.3 is 5.32 Å². The highest BCUT2D eigenvalue weighted by molar-refractivity contribution is 9.10. The van der Waals surface area contributed by atoms with Crippen LogP contribution in [0.15, 0.2) is 22.7 Å². The zero-order valence-electron chi connectivity index (χ0n) is 11.6. The van der Waals surface area contributed by atoms with Crippen LogP contribution < -0.4 is 10.6 Å². The molecule has 1 saturated carbocycles. The second-order valence-corrected chi connectivity index (χ2v) is 6.78. The average molecular weight is 337 g/mol. The van der Waals surface area contributed by atoms with Gasteiger partial charge in [-0.2, -0.15) is 0 Å². The molecule has 1 unspecified atom stereocenters. The van der Waals surface area contributed by atoms with Crippen molar-refractivity contribution in [3.05, 3.63) is 28.2 Å². The number of carbonyl (C=O) groups is 1. The first-order valence-corrected chi connectivity index (χ1v) is 8.40. The van der Waals surface area contributed by atoms with E-state index in [4.69, 9.17) is 0 Å². The van der Waals surface area contributed by atoms with Gasteiger partial charge in [-0.15, -0.1) is 0 Å². The summed E-state index contributed by atoms with van der Waals surface area (Å²) in [4.78, 5) is 12.2. The Bertz CT molecular complexity index is 495. The van der Waals surface area contributed by atoms with E-state index < -0.39 is 0 Å². The molecular weight excluding hydrogens is 316 g/mol. The third kappa shape index (κ3) is 3.07. The minimum absolute atomic E-state index is 0.0835. The van der Waals surface area contributed by atoms with Gasteiger partial charge in [-0.05, 0) is 25.0 Å². The minimum Gasteiger partial charge on any atom is -0.324 e. The second kappa shape index (κ2) is 6.27. The maximum atomic E-state index is 12.2. The van der Waals surface area contributed by atoms with Crippen molar-refractivity contribution in [2.24, 2.45) is 0 Å². The lowest BCUT2D eigenvalue weighted by atomic mass is 9.95. The molecule has 108 valence electrons. The molecule has 20 heavy (non-hydrogen) atoms. The maximum Gasteiger partial charge on any atom is 0.246 e. The van der Waals surface area contributed by atoms with Gasteiger partial charge >= 0.3 is 0 Å². The Morgan fingerprint density at radius 2 is 1.80 bits per heavy atom. The highest BCUT2D eigenvalue weighted by atomic mass is 79.9. The van der Waals surface area contributed by atoms with Crippen LogP contribution in [0, 0.1) is 0 Å². The second-order valence-electron chi connectivity index (χ2n) is 5.86. The van der Waals surface area contributed by atoms with Gasteiger partial charge in [0.05, 0.1) is 0 Å².